The Hall–Kier alpha value is -2.65. The summed E-state index contributed by atoms with van der Waals surface area (Å²) in [7, 11) is 0. The van der Waals surface area contributed by atoms with Gasteiger partial charge in [0.25, 0.3) is 0 Å². The minimum Gasteiger partial charge on any atom is -0.265 e. The smallest absolute Gasteiger partial charge is 0.0991 e. The van der Waals surface area contributed by atoms with Crippen molar-refractivity contribution < 1.29 is 0 Å². The van der Waals surface area contributed by atoms with Crippen molar-refractivity contribution in [2.24, 2.45) is 0 Å². The van der Waals surface area contributed by atoms with Gasteiger partial charge in [-0.3, -0.25) is 4.98 Å². The van der Waals surface area contributed by atoms with E-state index < -0.39 is 5.41 Å². The first-order chi connectivity index (χ1) is 9.18. The molecule has 0 aliphatic carbocycles. The lowest BCUT2D eigenvalue weighted by atomic mass is 9.78. The lowest BCUT2D eigenvalue weighted by Crippen LogP contribution is -2.22. The summed E-state index contributed by atoms with van der Waals surface area (Å²) in [5.41, 5.74) is 1.86. The van der Waals surface area contributed by atoms with Crippen LogP contribution in [-0.4, -0.2) is 4.98 Å². The molecule has 0 fully saturated rings. The van der Waals surface area contributed by atoms with Crippen LogP contribution in [0.1, 0.15) is 23.6 Å². The Morgan fingerprint density at radius 2 is 1.89 bits per heavy atom. The maximum absolute atomic E-state index is 9.52. The molecule has 0 N–H and O–H groups in total. The number of hydrogen-bond acceptors (Lipinski definition) is 3. The van der Waals surface area contributed by atoms with Gasteiger partial charge in [-0.25, -0.2) is 0 Å². The Labute approximate surface area is 112 Å². The highest BCUT2D eigenvalue weighted by Crippen LogP contribution is 2.28. The van der Waals surface area contributed by atoms with Gasteiger partial charge in [0.15, 0.2) is 0 Å². The molecular weight excluding hydrogens is 234 g/mol. The molecule has 0 amide bonds. The standard InChI is InChI=1S/C16H13N3/c1-16(12-18,10-13-5-7-19-8-6-13)15-4-2-3-14(9-15)11-17/h2-9H,10H2,1H3. The van der Waals surface area contributed by atoms with Crippen molar-refractivity contribution in [3.8, 4) is 12.1 Å². The first-order valence-electron chi connectivity index (χ1n) is 5.99. The predicted molar refractivity (Wildman–Crippen MR) is 72.1 cm³/mol. The van der Waals surface area contributed by atoms with Crippen molar-refractivity contribution in [2.75, 3.05) is 0 Å². The second kappa shape index (κ2) is 5.33. The molecule has 0 spiro atoms. The normalized spacial score (nSPS) is 13.0. The van der Waals surface area contributed by atoms with Crippen LogP contribution < -0.4 is 0 Å². The van der Waals surface area contributed by atoms with E-state index in [1.54, 1.807) is 24.5 Å². The molecule has 1 heterocycles. The number of hydrogen-bond donors (Lipinski definition) is 0. The molecule has 1 aromatic carbocycles. The van der Waals surface area contributed by atoms with Crippen LogP contribution in [0.2, 0.25) is 0 Å². The molecular formula is C16H13N3. The van der Waals surface area contributed by atoms with Gasteiger partial charge in [0.1, 0.15) is 0 Å². The SMILES string of the molecule is CC(C#N)(Cc1ccncc1)c1cccc(C#N)c1. The summed E-state index contributed by atoms with van der Waals surface area (Å²) in [4.78, 5) is 3.98. The van der Waals surface area contributed by atoms with Crippen LogP contribution in [0.25, 0.3) is 0 Å². The molecule has 3 nitrogen and oxygen atoms in total. The summed E-state index contributed by atoms with van der Waals surface area (Å²) >= 11 is 0. The van der Waals surface area contributed by atoms with Crippen LogP contribution >= 0.6 is 0 Å². The molecule has 3 heteroatoms. The maximum atomic E-state index is 9.52. The predicted octanol–water partition coefficient (Wildman–Crippen LogP) is 2.98. The van der Waals surface area contributed by atoms with Gasteiger partial charge in [0, 0.05) is 12.4 Å². The van der Waals surface area contributed by atoms with Crippen molar-refractivity contribution in [3.63, 3.8) is 0 Å². The van der Waals surface area contributed by atoms with E-state index in [-0.39, 0.29) is 0 Å². The summed E-state index contributed by atoms with van der Waals surface area (Å²) in [6, 6.07) is 15.5. The molecule has 1 atom stereocenters. The fourth-order valence-corrected chi connectivity index (χ4v) is 2.05. The van der Waals surface area contributed by atoms with Crippen LogP contribution in [0, 0.1) is 22.7 Å². The Kier molecular flexibility index (Phi) is 3.59. The van der Waals surface area contributed by atoms with Gasteiger partial charge < -0.3 is 0 Å². The quantitative estimate of drug-likeness (QED) is 0.837. The lowest BCUT2D eigenvalue weighted by molar-refractivity contribution is 0.606. The second-order valence-electron chi connectivity index (χ2n) is 4.67. The highest BCUT2D eigenvalue weighted by atomic mass is 14.6. The summed E-state index contributed by atoms with van der Waals surface area (Å²) in [5, 5.41) is 18.5. The molecule has 92 valence electrons. The zero-order chi connectivity index (χ0) is 13.7. The largest absolute Gasteiger partial charge is 0.265 e. The van der Waals surface area contributed by atoms with Gasteiger partial charge in [-0.2, -0.15) is 10.5 Å². The van der Waals surface area contributed by atoms with Crippen molar-refractivity contribution in [1.82, 2.24) is 4.98 Å². The van der Waals surface area contributed by atoms with Crippen LogP contribution in [0.4, 0.5) is 0 Å². The van der Waals surface area contributed by atoms with E-state index in [0.717, 1.165) is 11.1 Å². The number of nitrogens with zero attached hydrogens (tertiary/aromatic N) is 3. The molecule has 1 aromatic heterocycles. The van der Waals surface area contributed by atoms with Crippen LogP contribution in [0.3, 0.4) is 0 Å². The highest BCUT2D eigenvalue weighted by molar-refractivity contribution is 5.40. The van der Waals surface area contributed by atoms with Crippen LogP contribution in [-0.2, 0) is 11.8 Å². The summed E-state index contributed by atoms with van der Waals surface area (Å²) in [5.74, 6) is 0. The van der Waals surface area contributed by atoms with Gasteiger partial charge in [-0.05, 0) is 48.7 Å². The third kappa shape index (κ3) is 2.78. The Morgan fingerprint density at radius 3 is 2.53 bits per heavy atom. The Balaban J connectivity index is 2.38. The third-order valence-electron chi connectivity index (χ3n) is 3.18. The number of aromatic nitrogens is 1. The van der Waals surface area contributed by atoms with E-state index in [4.69, 9.17) is 5.26 Å². The van der Waals surface area contributed by atoms with E-state index in [2.05, 4.69) is 17.1 Å². The van der Waals surface area contributed by atoms with Gasteiger partial charge in [0.2, 0.25) is 0 Å². The summed E-state index contributed by atoms with van der Waals surface area (Å²) < 4.78 is 0. The van der Waals surface area contributed by atoms with Gasteiger partial charge >= 0.3 is 0 Å². The number of benzene rings is 1. The summed E-state index contributed by atoms with van der Waals surface area (Å²) in [6.07, 6.45) is 4.04. The molecule has 19 heavy (non-hydrogen) atoms. The van der Waals surface area contributed by atoms with Crippen molar-refractivity contribution in [1.29, 1.82) is 10.5 Å². The number of pyridine rings is 1. The molecule has 1 unspecified atom stereocenters. The van der Waals surface area contributed by atoms with E-state index >= 15 is 0 Å². The fraction of sp³-hybridized carbons (Fsp3) is 0.188. The Bertz CT molecular complexity index is 650. The minimum atomic E-state index is -0.645. The fourth-order valence-electron chi connectivity index (χ4n) is 2.05. The second-order valence-corrected chi connectivity index (χ2v) is 4.67. The van der Waals surface area contributed by atoms with E-state index in [1.807, 2.05) is 31.2 Å². The number of nitriles is 2. The first-order valence-corrected chi connectivity index (χ1v) is 5.99. The van der Waals surface area contributed by atoms with Gasteiger partial charge in [-0.1, -0.05) is 12.1 Å². The molecule has 0 saturated carbocycles. The van der Waals surface area contributed by atoms with Crippen LogP contribution in [0.5, 0.6) is 0 Å². The zero-order valence-electron chi connectivity index (χ0n) is 10.7. The highest BCUT2D eigenvalue weighted by Gasteiger charge is 2.27. The molecule has 0 saturated heterocycles. The molecule has 0 aliphatic heterocycles. The third-order valence-corrected chi connectivity index (χ3v) is 3.18. The molecule has 0 bridgehead atoms. The van der Waals surface area contributed by atoms with E-state index in [0.29, 0.717) is 12.0 Å². The molecule has 2 rings (SSSR count). The summed E-state index contributed by atoms with van der Waals surface area (Å²) in [6.45, 7) is 1.89. The van der Waals surface area contributed by atoms with Crippen LogP contribution in [0.15, 0.2) is 48.8 Å². The molecule has 0 radical (unpaired) electrons. The topological polar surface area (TPSA) is 60.5 Å². The van der Waals surface area contributed by atoms with Crippen molar-refractivity contribution in [3.05, 3.63) is 65.5 Å². The van der Waals surface area contributed by atoms with Gasteiger partial charge in [-0.15, -0.1) is 0 Å². The monoisotopic (exact) mass is 247 g/mol. The van der Waals surface area contributed by atoms with Gasteiger partial charge in [0.05, 0.1) is 23.1 Å². The first kappa shape index (κ1) is 12.8. The molecule has 0 aliphatic rings. The number of rotatable bonds is 3. The minimum absolute atomic E-state index is 0.578. The Morgan fingerprint density at radius 1 is 1.16 bits per heavy atom. The van der Waals surface area contributed by atoms with Crippen molar-refractivity contribution in [2.45, 2.75) is 18.8 Å². The average molecular weight is 247 g/mol. The average Bonchev–Trinajstić information content (AvgIpc) is 2.48. The maximum Gasteiger partial charge on any atom is 0.0991 e. The van der Waals surface area contributed by atoms with E-state index in [9.17, 15) is 5.26 Å². The lowest BCUT2D eigenvalue weighted by Gasteiger charge is -2.22. The van der Waals surface area contributed by atoms with E-state index in [1.165, 1.54) is 0 Å². The molecule has 2 aromatic rings. The van der Waals surface area contributed by atoms with Crippen molar-refractivity contribution >= 4 is 0 Å². The zero-order valence-corrected chi connectivity index (χ0v) is 10.7.